The largest absolute Gasteiger partial charge is 0.493 e. The van der Waals surface area contributed by atoms with Crippen molar-refractivity contribution in [1.29, 1.82) is 0 Å². The van der Waals surface area contributed by atoms with E-state index in [9.17, 15) is 9.18 Å². The molecular formula is C15H15FN2O3. The molecule has 3 rings (SSSR count). The van der Waals surface area contributed by atoms with Gasteiger partial charge in [0.25, 0.3) is 0 Å². The molecule has 0 saturated heterocycles. The second-order valence-corrected chi connectivity index (χ2v) is 5.26. The Morgan fingerprint density at radius 1 is 1.38 bits per heavy atom. The van der Waals surface area contributed by atoms with Crippen LogP contribution in [0.4, 0.5) is 4.39 Å². The van der Waals surface area contributed by atoms with E-state index in [1.165, 1.54) is 24.6 Å². The first-order chi connectivity index (χ1) is 10.1. The number of hydrogen-bond donors (Lipinski definition) is 2. The fourth-order valence-corrected chi connectivity index (χ4v) is 2.25. The van der Waals surface area contributed by atoms with E-state index >= 15 is 0 Å². The molecule has 0 bridgehead atoms. The molecule has 1 aliphatic rings. The summed E-state index contributed by atoms with van der Waals surface area (Å²) >= 11 is 0. The van der Waals surface area contributed by atoms with Gasteiger partial charge in [0.1, 0.15) is 17.3 Å². The van der Waals surface area contributed by atoms with Gasteiger partial charge in [-0.1, -0.05) is 6.42 Å². The standard InChI is InChI=1S/C15H15FN2O3/c16-11-4-10(13-7-14(15(19)20)18-17-13)5-12(6-11)21-8-9-2-1-3-9/h4-7,9H,1-3,8H2,(H,17,18)(H,19,20). The third-order valence-corrected chi connectivity index (χ3v) is 3.69. The van der Waals surface area contributed by atoms with Crippen LogP contribution in [0.3, 0.4) is 0 Å². The van der Waals surface area contributed by atoms with E-state index in [4.69, 9.17) is 9.84 Å². The van der Waals surface area contributed by atoms with E-state index in [-0.39, 0.29) is 5.69 Å². The summed E-state index contributed by atoms with van der Waals surface area (Å²) in [6.07, 6.45) is 3.54. The second kappa shape index (κ2) is 5.55. The summed E-state index contributed by atoms with van der Waals surface area (Å²) in [4.78, 5) is 10.8. The van der Waals surface area contributed by atoms with Crippen LogP contribution < -0.4 is 4.74 Å². The first-order valence-electron chi connectivity index (χ1n) is 6.84. The van der Waals surface area contributed by atoms with Gasteiger partial charge in [-0.25, -0.2) is 9.18 Å². The van der Waals surface area contributed by atoms with Gasteiger partial charge in [-0.2, -0.15) is 5.10 Å². The minimum atomic E-state index is -1.10. The highest BCUT2D eigenvalue weighted by Crippen LogP contribution is 2.29. The van der Waals surface area contributed by atoms with Crippen molar-refractivity contribution in [2.75, 3.05) is 6.61 Å². The third-order valence-electron chi connectivity index (χ3n) is 3.69. The molecule has 1 fully saturated rings. The summed E-state index contributed by atoms with van der Waals surface area (Å²) in [5, 5.41) is 15.1. The molecule has 1 aliphatic carbocycles. The predicted molar refractivity (Wildman–Crippen MR) is 73.8 cm³/mol. The fraction of sp³-hybridized carbons (Fsp3) is 0.333. The zero-order valence-electron chi connectivity index (χ0n) is 11.3. The maximum atomic E-state index is 13.7. The lowest BCUT2D eigenvalue weighted by molar-refractivity contribution is 0.0690. The smallest absolute Gasteiger partial charge is 0.353 e. The number of aromatic nitrogens is 2. The zero-order valence-corrected chi connectivity index (χ0v) is 11.3. The number of benzene rings is 1. The van der Waals surface area contributed by atoms with Gasteiger partial charge in [-0.05, 0) is 37.0 Å². The summed E-state index contributed by atoms with van der Waals surface area (Å²) in [6.45, 7) is 0.587. The first-order valence-corrected chi connectivity index (χ1v) is 6.84. The number of nitrogens with one attached hydrogen (secondary N) is 1. The van der Waals surface area contributed by atoms with E-state index in [2.05, 4.69) is 10.2 Å². The van der Waals surface area contributed by atoms with Crippen molar-refractivity contribution in [2.24, 2.45) is 5.92 Å². The molecule has 0 amide bonds. The molecule has 1 heterocycles. The molecule has 0 atom stereocenters. The SMILES string of the molecule is O=C(O)c1cc(-c2cc(F)cc(OCC3CCC3)c2)n[nH]1. The maximum Gasteiger partial charge on any atom is 0.353 e. The van der Waals surface area contributed by atoms with Crippen LogP contribution in [0.1, 0.15) is 29.8 Å². The van der Waals surface area contributed by atoms with E-state index in [0.717, 1.165) is 12.8 Å². The third kappa shape index (κ3) is 3.04. The number of rotatable bonds is 5. The van der Waals surface area contributed by atoms with E-state index < -0.39 is 11.8 Å². The number of halogens is 1. The lowest BCUT2D eigenvalue weighted by Crippen LogP contribution is -2.19. The molecule has 110 valence electrons. The zero-order chi connectivity index (χ0) is 14.8. The molecule has 0 aliphatic heterocycles. The minimum absolute atomic E-state index is 0.0359. The monoisotopic (exact) mass is 290 g/mol. The summed E-state index contributed by atoms with van der Waals surface area (Å²) in [7, 11) is 0. The maximum absolute atomic E-state index is 13.7. The molecular weight excluding hydrogens is 275 g/mol. The van der Waals surface area contributed by atoms with Crippen molar-refractivity contribution in [3.8, 4) is 17.0 Å². The highest BCUT2D eigenvalue weighted by molar-refractivity contribution is 5.86. The average molecular weight is 290 g/mol. The Kier molecular flexibility index (Phi) is 3.60. The number of aromatic amines is 1. The number of H-pyrrole nitrogens is 1. The molecule has 6 heteroatoms. The van der Waals surface area contributed by atoms with Crippen LogP contribution >= 0.6 is 0 Å². The summed E-state index contributed by atoms with van der Waals surface area (Å²) < 4.78 is 19.3. The Morgan fingerprint density at radius 2 is 2.19 bits per heavy atom. The molecule has 1 aromatic carbocycles. The van der Waals surface area contributed by atoms with Crippen LogP contribution in [0.15, 0.2) is 24.3 Å². The van der Waals surface area contributed by atoms with Crippen molar-refractivity contribution < 1.29 is 19.0 Å². The van der Waals surface area contributed by atoms with Crippen molar-refractivity contribution >= 4 is 5.97 Å². The Bertz CT molecular complexity index is 665. The predicted octanol–water partition coefficient (Wildman–Crippen LogP) is 3.09. The van der Waals surface area contributed by atoms with Crippen LogP contribution in [-0.2, 0) is 0 Å². The van der Waals surface area contributed by atoms with E-state index in [1.54, 1.807) is 6.07 Å². The van der Waals surface area contributed by atoms with Crippen molar-refractivity contribution in [1.82, 2.24) is 10.2 Å². The highest BCUT2D eigenvalue weighted by atomic mass is 19.1. The number of aromatic carboxylic acids is 1. The number of carboxylic acid groups (broad SMARTS) is 1. The van der Waals surface area contributed by atoms with Gasteiger partial charge in [0.05, 0.1) is 12.3 Å². The summed E-state index contributed by atoms with van der Waals surface area (Å²) in [5.74, 6) is -0.542. The number of carboxylic acids is 1. The molecule has 1 saturated carbocycles. The van der Waals surface area contributed by atoms with Gasteiger partial charge < -0.3 is 9.84 Å². The van der Waals surface area contributed by atoms with Gasteiger partial charge in [-0.3, -0.25) is 5.10 Å². The molecule has 21 heavy (non-hydrogen) atoms. The second-order valence-electron chi connectivity index (χ2n) is 5.26. The molecule has 2 aromatic rings. The fourth-order valence-electron chi connectivity index (χ4n) is 2.25. The van der Waals surface area contributed by atoms with Crippen molar-refractivity contribution in [2.45, 2.75) is 19.3 Å². The normalized spacial score (nSPS) is 14.7. The van der Waals surface area contributed by atoms with Gasteiger partial charge >= 0.3 is 5.97 Å². The number of ether oxygens (including phenoxy) is 1. The highest BCUT2D eigenvalue weighted by Gasteiger charge is 2.18. The summed E-state index contributed by atoms with van der Waals surface area (Å²) in [5.41, 5.74) is 0.828. The lowest BCUT2D eigenvalue weighted by atomic mass is 9.86. The van der Waals surface area contributed by atoms with Crippen LogP contribution in [0, 0.1) is 11.7 Å². The van der Waals surface area contributed by atoms with E-state index in [1.807, 2.05) is 0 Å². The average Bonchev–Trinajstić information content (AvgIpc) is 2.86. The Labute approximate surface area is 120 Å². The van der Waals surface area contributed by atoms with Crippen LogP contribution in [0.25, 0.3) is 11.3 Å². The van der Waals surface area contributed by atoms with E-state index in [0.29, 0.717) is 29.5 Å². The van der Waals surface area contributed by atoms with Gasteiger partial charge in [0.2, 0.25) is 0 Å². The van der Waals surface area contributed by atoms with Gasteiger partial charge in [0.15, 0.2) is 0 Å². The minimum Gasteiger partial charge on any atom is -0.493 e. The Balaban J connectivity index is 1.80. The molecule has 0 spiro atoms. The topological polar surface area (TPSA) is 75.2 Å². The summed E-state index contributed by atoms with van der Waals surface area (Å²) in [6, 6.07) is 5.67. The molecule has 5 nitrogen and oxygen atoms in total. The lowest BCUT2D eigenvalue weighted by Gasteiger charge is -2.25. The van der Waals surface area contributed by atoms with Gasteiger partial charge in [0, 0.05) is 11.6 Å². The molecule has 1 aromatic heterocycles. The molecule has 0 unspecified atom stereocenters. The van der Waals surface area contributed by atoms with Crippen LogP contribution in [-0.4, -0.2) is 27.9 Å². The Hall–Kier alpha value is -2.37. The quantitative estimate of drug-likeness (QED) is 0.887. The molecule has 2 N–H and O–H groups in total. The first kappa shape index (κ1) is 13.6. The van der Waals surface area contributed by atoms with Crippen molar-refractivity contribution in [3.05, 3.63) is 35.8 Å². The number of nitrogens with zero attached hydrogens (tertiary/aromatic N) is 1. The number of carbonyl (C=O) groups is 1. The van der Waals surface area contributed by atoms with Gasteiger partial charge in [-0.15, -0.1) is 0 Å². The van der Waals surface area contributed by atoms with Crippen LogP contribution in [0.2, 0.25) is 0 Å². The Morgan fingerprint density at radius 3 is 2.81 bits per heavy atom. The van der Waals surface area contributed by atoms with Crippen LogP contribution in [0.5, 0.6) is 5.75 Å². The molecule has 0 radical (unpaired) electrons. The van der Waals surface area contributed by atoms with Crippen molar-refractivity contribution in [3.63, 3.8) is 0 Å². The number of hydrogen-bond acceptors (Lipinski definition) is 3.